The third kappa shape index (κ3) is 5.29. The van der Waals surface area contributed by atoms with Gasteiger partial charge in [0.05, 0.1) is 10.7 Å². The van der Waals surface area contributed by atoms with Crippen LogP contribution in [0.3, 0.4) is 0 Å². The van der Waals surface area contributed by atoms with Gasteiger partial charge in [-0.1, -0.05) is 46.2 Å². The fraction of sp³-hybridized carbons (Fsp3) is 0.688. The number of hydrogen-bond donors (Lipinski definition) is 2. The van der Waals surface area contributed by atoms with Crippen molar-refractivity contribution < 1.29 is 0 Å². The Balaban J connectivity index is 2.68. The molecule has 2 N–H and O–H groups in total. The number of nitrogens with one attached hydrogen (secondary N) is 2. The van der Waals surface area contributed by atoms with Gasteiger partial charge in [-0.05, 0) is 36.4 Å². The molecule has 0 aliphatic carbocycles. The quantitative estimate of drug-likeness (QED) is 0.755. The van der Waals surface area contributed by atoms with Gasteiger partial charge in [-0.25, -0.2) is 4.98 Å². The molecule has 1 rings (SSSR count). The summed E-state index contributed by atoms with van der Waals surface area (Å²) in [4.78, 5) is 4.59. The van der Waals surface area contributed by atoms with Crippen molar-refractivity contribution in [2.75, 3.05) is 18.4 Å². The predicted molar refractivity (Wildman–Crippen MR) is 88.3 cm³/mol. The van der Waals surface area contributed by atoms with Crippen LogP contribution in [-0.4, -0.2) is 18.1 Å². The molecule has 0 amide bonds. The normalized spacial score (nSPS) is 11.7. The molecule has 0 bridgehead atoms. The van der Waals surface area contributed by atoms with Crippen LogP contribution in [0.2, 0.25) is 5.02 Å². The Morgan fingerprint density at radius 2 is 1.80 bits per heavy atom. The van der Waals surface area contributed by atoms with Crippen LogP contribution < -0.4 is 10.6 Å². The number of halogens is 1. The maximum Gasteiger partial charge on any atom is 0.126 e. The standard InChI is InChI=1S/C16H28ClN3/c1-6-18-10-15-14(17)7-8-16(20-15)19-9-13(11(2)3)12(4)5/h7-8,11-13,18H,6,9-10H2,1-5H3,(H,19,20). The molecule has 0 unspecified atom stereocenters. The minimum atomic E-state index is 0.643. The van der Waals surface area contributed by atoms with Gasteiger partial charge >= 0.3 is 0 Å². The molecule has 0 saturated heterocycles. The Bertz CT molecular complexity index is 397. The minimum absolute atomic E-state index is 0.643. The number of pyridine rings is 1. The van der Waals surface area contributed by atoms with Crippen LogP contribution in [0.1, 0.15) is 40.3 Å². The summed E-state index contributed by atoms with van der Waals surface area (Å²) < 4.78 is 0. The fourth-order valence-electron chi connectivity index (χ4n) is 2.41. The van der Waals surface area contributed by atoms with E-state index in [1.807, 2.05) is 12.1 Å². The molecule has 1 heterocycles. The van der Waals surface area contributed by atoms with Gasteiger partial charge in [0.2, 0.25) is 0 Å². The molecule has 0 saturated carbocycles. The molecule has 0 aliphatic rings. The molecule has 0 atom stereocenters. The molecule has 0 aromatic carbocycles. The maximum absolute atomic E-state index is 6.17. The Kier molecular flexibility index (Phi) is 7.31. The lowest BCUT2D eigenvalue weighted by molar-refractivity contribution is 0.304. The van der Waals surface area contributed by atoms with Crippen LogP contribution in [0.25, 0.3) is 0 Å². The molecule has 0 fully saturated rings. The Hall–Kier alpha value is -0.800. The second kappa shape index (κ2) is 8.48. The van der Waals surface area contributed by atoms with Gasteiger partial charge in [0.15, 0.2) is 0 Å². The molecule has 0 radical (unpaired) electrons. The summed E-state index contributed by atoms with van der Waals surface area (Å²) in [6.45, 7) is 13.8. The number of anilines is 1. The molecule has 0 aliphatic heterocycles. The molecular weight excluding hydrogens is 270 g/mol. The number of rotatable bonds is 8. The van der Waals surface area contributed by atoms with Gasteiger partial charge in [-0.2, -0.15) is 0 Å². The number of aromatic nitrogens is 1. The molecule has 0 spiro atoms. The summed E-state index contributed by atoms with van der Waals surface area (Å²) in [5.41, 5.74) is 0.907. The zero-order valence-corrected chi connectivity index (χ0v) is 14.1. The lowest BCUT2D eigenvalue weighted by atomic mass is 9.85. The zero-order valence-electron chi connectivity index (χ0n) is 13.3. The van der Waals surface area contributed by atoms with Gasteiger partial charge < -0.3 is 10.6 Å². The van der Waals surface area contributed by atoms with E-state index in [1.54, 1.807) is 0 Å². The Morgan fingerprint density at radius 1 is 1.15 bits per heavy atom. The summed E-state index contributed by atoms with van der Waals surface area (Å²) in [6.07, 6.45) is 0. The molecule has 4 heteroatoms. The van der Waals surface area contributed by atoms with Gasteiger partial charge in [0, 0.05) is 13.1 Å². The maximum atomic E-state index is 6.17. The predicted octanol–water partition coefficient (Wildman–Crippen LogP) is 4.18. The first-order chi connectivity index (χ1) is 9.45. The van der Waals surface area contributed by atoms with Crippen molar-refractivity contribution in [1.29, 1.82) is 0 Å². The Labute approximate surface area is 128 Å². The van der Waals surface area contributed by atoms with Crippen molar-refractivity contribution in [2.45, 2.75) is 41.2 Å². The second-order valence-electron chi connectivity index (χ2n) is 5.94. The van der Waals surface area contributed by atoms with E-state index in [2.05, 4.69) is 50.2 Å². The van der Waals surface area contributed by atoms with E-state index in [-0.39, 0.29) is 0 Å². The summed E-state index contributed by atoms with van der Waals surface area (Å²) >= 11 is 6.17. The lowest BCUT2D eigenvalue weighted by Crippen LogP contribution is -2.25. The van der Waals surface area contributed by atoms with E-state index in [4.69, 9.17) is 11.6 Å². The van der Waals surface area contributed by atoms with E-state index in [1.165, 1.54) is 0 Å². The highest BCUT2D eigenvalue weighted by Gasteiger charge is 2.17. The van der Waals surface area contributed by atoms with Crippen molar-refractivity contribution in [3.05, 3.63) is 22.8 Å². The van der Waals surface area contributed by atoms with Crippen LogP contribution in [0.15, 0.2) is 12.1 Å². The highest BCUT2D eigenvalue weighted by atomic mass is 35.5. The van der Waals surface area contributed by atoms with Crippen molar-refractivity contribution in [2.24, 2.45) is 17.8 Å². The molecular formula is C16H28ClN3. The largest absolute Gasteiger partial charge is 0.370 e. The second-order valence-corrected chi connectivity index (χ2v) is 6.35. The topological polar surface area (TPSA) is 37.0 Å². The van der Waals surface area contributed by atoms with E-state index >= 15 is 0 Å². The molecule has 1 aromatic rings. The third-order valence-corrected chi connectivity index (χ3v) is 4.04. The van der Waals surface area contributed by atoms with Gasteiger partial charge in [0.1, 0.15) is 5.82 Å². The molecule has 20 heavy (non-hydrogen) atoms. The fourth-order valence-corrected chi connectivity index (χ4v) is 2.59. The number of nitrogens with zero attached hydrogens (tertiary/aromatic N) is 1. The number of hydrogen-bond acceptors (Lipinski definition) is 3. The van der Waals surface area contributed by atoms with Crippen molar-refractivity contribution in [1.82, 2.24) is 10.3 Å². The summed E-state index contributed by atoms with van der Waals surface area (Å²) in [5.74, 6) is 2.88. The highest BCUT2D eigenvalue weighted by Crippen LogP contribution is 2.22. The minimum Gasteiger partial charge on any atom is -0.370 e. The van der Waals surface area contributed by atoms with Crippen LogP contribution in [-0.2, 0) is 6.54 Å². The van der Waals surface area contributed by atoms with E-state index in [0.29, 0.717) is 24.3 Å². The average molecular weight is 298 g/mol. The summed E-state index contributed by atoms with van der Waals surface area (Å²) in [7, 11) is 0. The monoisotopic (exact) mass is 297 g/mol. The summed E-state index contributed by atoms with van der Waals surface area (Å²) in [6, 6.07) is 3.87. The van der Waals surface area contributed by atoms with E-state index in [9.17, 15) is 0 Å². The lowest BCUT2D eigenvalue weighted by Gasteiger charge is -2.25. The van der Waals surface area contributed by atoms with Crippen molar-refractivity contribution in [3.63, 3.8) is 0 Å². The molecule has 1 aromatic heterocycles. The summed E-state index contributed by atoms with van der Waals surface area (Å²) in [5, 5.41) is 7.44. The van der Waals surface area contributed by atoms with Crippen LogP contribution in [0.5, 0.6) is 0 Å². The van der Waals surface area contributed by atoms with Gasteiger partial charge in [-0.15, -0.1) is 0 Å². The third-order valence-electron chi connectivity index (χ3n) is 3.69. The van der Waals surface area contributed by atoms with Gasteiger partial charge in [0.25, 0.3) is 0 Å². The molecule has 3 nitrogen and oxygen atoms in total. The SMILES string of the molecule is CCNCc1nc(NCC(C(C)C)C(C)C)ccc1Cl. The van der Waals surface area contributed by atoms with Crippen molar-refractivity contribution in [3.8, 4) is 0 Å². The van der Waals surface area contributed by atoms with Crippen LogP contribution >= 0.6 is 11.6 Å². The Morgan fingerprint density at radius 3 is 2.35 bits per heavy atom. The first-order valence-electron chi connectivity index (χ1n) is 7.55. The zero-order chi connectivity index (χ0) is 15.1. The smallest absolute Gasteiger partial charge is 0.126 e. The molecule has 114 valence electrons. The van der Waals surface area contributed by atoms with Gasteiger partial charge in [-0.3, -0.25) is 0 Å². The average Bonchev–Trinajstić information content (AvgIpc) is 2.38. The first kappa shape index (κ1) is 17.3. The van der Waals surface area contributed by atoms with E-state index < -0.39 is 0 Å². The highest BCUT2D eigenvalue weighted by molar-refractivity contribution is 6.31. The van der Waals surface area contributed by atoms with Crippen LogP contribution in [0.4, 0.5) is 5.82 Å². The van der Waals surface area contributed by atoms with Crippen molar-refractivity contribution >= 4 is 17.4 Å². The first-order valence-corrected chi connectivity index (χ1v) is 7.93. The van der Waals surface area contributed by atoms with Crippen LogP contribution in [0, 0.1) is 17.8 Å². The van der Waals surface area contributed by atoms with E-state index in [0.717, 1.165) is 29.6 Å².